The lowest BCUT2D eigenvalue weighted by atomic mass is 10.2. The van der Waals surface area contributed by atoms with Crippen molar-refractivity contribution in [3.05, 3.63) is 30.0 Å². The summed E-state index contributed by atoms with van der Waals surface area (Å²) in [5.41, 5.74) is 1.98. The van der Waals surface area contributed by atoms with Gasteiger partial charge in [0, 0.05) is 0 Å². The van der Waals surface area contributed by atoms with Crippen molar-refractivity contribution in [2.75, 3.05) is 7.11 Å². The Kier molecular flexibility index (Phi) is 2.98. The van der Waals surface area contributed by atoms with Gasteiger partial charge in [-0.3, -0.25) is 0 Å². The van der Waals surface area contributed by atoms with Crippen LogP contribution in [-0.2, 0) is 0 Å². The fraction of sp³-hybridized carbons (Fsp3) is 0.182. The van der Waals surface area contributed by atoms with E-state index in [2.05, 4.69) is 17.6 Å². The Hall–Kier alpha value is -1.000. The quantitative estimate of drug-likeness (QED) is 0.808. The number of para-hydroxylation sites is 1. The lowest BCUT2D eigenvalue weighted by Crippen LogP contribution is -1.86. The van der Waals surface area contributed by atoms with E-state index in [0.717, 1.165) is 26.2 Å². The van der Waals surface area contributed by atoms with Crippen molar-refractivity contribution in [2.24, 2.45) is 0 Å². The van der Waals surface area contributed by atoms with E-state index in [4.69, 9.17) is 4.74 Å². The zero-order chi connectivity index (χ0) is 10.8. The average molecular weight is 237 g/mol. The molecule has 4 heteroatoms. The summed E-state index contributed by atoms with van der Waals surface area (Å²) >= 11 is 5.92. The van der Waals surface area contributed by atoms with Crippen LogP contribution < -0.4 is 4.74 Å². The van der Waals surface area contributed by atoms with E-state index in [9.17, 15) is 0 Å². The molecule has 1 aromatic heterocycles. The molecule has 0 aliphatic rings. The van der Waals surface area contributed by atoms with E-state index in [1.165, 1.54) is 0 Å². The molecule has 2 aromatic rings. The Bertz CT molecular complexity index is 460. The fourth-order valence-electron chi connectivity index (χ4n) is 1.32. The summed E-state index contributed by atoms with van der Waals surface area (Å²) in [7, 11) is 1.67. The second-order valence-corrected chi connectivity index (χ2v) is 4.86. The van der Waals surface area contributed by atoms with Crippen molar-refractivity contribution < 1.29 is 4.74 Å². The second kappa shape index (κ2) is 4.24. The third kappa shape index (κ3) is 2.01. The molecule has 0 aliphatic heterocycles. The van der Waals surface area contributed by atoms with Gasteiger partial charge in [-0.1, -0.05) is 12.1 Å². The highest BCUT2D eigenvalue weighted by Gasteiger charge is 2.10. The lowest BCUT2D eigenvalue weighted by Gasteiger charge is -2.04. The van der Waals surface area contributed by atoms with Crippen molar-refractivity contribution in [1.82, 2.24) is 4.98 Å². The van der Waals surface area contributed by atoms with Gasteiger partial charge in [-0.15, -0.1) is 24.0 Å². The van der Waals surface area contributed by atoms with Gasteiger partial charge in [0.15, 0.2) is 0 Å². The summed E-state index contributed by atoms with van der Waals surface area (Å²) < 4.78 is 6.25. The normalized spacial score (nSPS) is 10.3. The zero-order valence-electron chi connectivity index (χ0n) is 8.52. The van der Waals surface area contributed by atoms with Gasteiger partial charge < -0.3 is 4.74 Å². The van der Waals surface area contributed by atoms with Crippen LogP contribution in [0, 0.1) is 6.92 Å². The first kappa shape index (κ1) is 10.5. The monoisotopic (exact) mass is 237 g/mol. The third-order valence-electron chi connectivity index (χ3n) is 2.11. The van der Waals surface area contributed by atoms with Crippen LogP contribution >= 0.6 is 24.0 Å². The Morgan fingerprint density at radius 3 is 2.67 bits per heavy atom. The molecule has 2 nitrogen and oxygen atoms in total. The molecule has 0 aliphatic carbocycles. The number of thiazole rings is 1. The van der Waals surface area contributed by atoms with Gasteiger partial charge in [0.25, 0.3) is 0 Å². The van der Waals surface area contributed by atoms with Gasteiger partial charge in [0.05, 0.1) is 22.6 Å². The van der Waals surface area contributed by atoms with Crippen LogP contribution in [0.1, 0.15) is 5.69 Å². The number of aromatic nitrogens is 1. The van der Waals surface area contributed by atoms with Crippen LogP contribution in [-0.4, -0.2) is 12.1 Å². The maximum atomic E-state index is 5.29. The molecule has 0 fully saturated rings. The van der Waals surface area contributed by atoms with E-state index in [1.807, 2.05) is 31.2 Å². The predicted octanol–water partition coefficient (Wildman–Crippen LogP) is 3.42. The molecule has 0 radical (unpaired) electrons. The average Bonchev–Trinajstić information content (AvgIpc) is 2.59. The summed E-state index contributed by atoms with van der Waals surface area (Å²) in [6.45, 7) is 1.96. The minimum atomic E-state index is 0.847. The van der Waals surface area contributed by atoms with Gasteiger partial charge in [-0.05, 0) is 19.1 Å². The maximum absolute atomic E-state index is 5.29. The highest BCUT2D eigenvalue weighted by molar-refractivity contribution is 7.83. The summed E-state index contributed by atoms with van der Waals surface area (Å²) in [5.74, 6) is 0.847. The molecule has 78 valence electrons. The van der Waals surface area contributed by atoms with Crippen molar-refractivity contribution in [2.45, 2.75) is 11.1 Å². The Labute approximate surface area is 98.3 Å². The van der Waals surface area contributed by atoms with Crippen LogP contribution in [0.5, 0.6) is 5.75 Å². The van der Waals surface area contributed by atoms with E-state index in [-0.39, 0.29) is 0 Å². The smallest absolute Gasteiger partial charge is 0.129 e. The minimum absolute atomic E-state index is 0.847. The number of thiol groups is 1. The van der Waals surface area contributed by atoms with E-state index in [0.29, 0.717) is 0 Å². The molecule has 1 heterocycles. The van der Waals surface area contributed by atoms with Gasteiger partial charge in [0.1, 0.15) is 10.8 Å². The molecule has 0 N–H and O–H groups in total. The van der Waals surface area contributed by atoms with Gasteiger partial charge in [-0.2, -0.15) is 0 Å². The van der Waals surface area contributed by atoms with Crippen molar-refractivity contribution in [1.29, 1.82) is 0 Å². The third-order valence-corrected chi connectivity index (χ3v) is 3.70. The molecule has 0 unspecified atom stereocenters. The molecule has 0 saturated carbocycles. The lowest BCUT2D eigenvalue weighted by molar-refractivity contribution is 0.416. The summed E-state index contributed by atoms with van der Waals surface area (Å²) in [5, 5.41) is 0.954. The molecule has 0 saturated heterocycles. The molecule has 2 rings (SSSR count). The summed E-state index contributed by atoms with van der Waals surface area (Å²) in [4.78, 5) is 4.45. The number of aryl methyl sites for hydroxylation is 1. The Balaban J connectivity index is 2.53. The number of benzene rings is 1. The van der Waals surface area contributed by atoms with Gasteiger partial charge in [0.2, 0.25) is 0 Å². The zero-order valence-corrected chi connectivity index (χ0v) is 10.2. The Morgan fingerprint density at radius 1 is 1.33 bits per heavy atom. The molecule has 0 amide bonds. The van der Waals surface area contributed by atoms with Gasteiger partial charge >= 0.3 is 0 Å². The number of nitrogens with zero attached hydrogens (tertiary/aromatic N) is 1. The topological polar surface area (TPSA) is 22.1 Å². The highest BCUT2D eigenvalue weighted by atomic mass is 32.2. The maximum Gasteiger partial charge on any atom is 0.129 e. The Morgan fingerprint density at radius 2 is 2.07 bits per heavy atom. The molecule has 0 atom stereocenters. The van der Waals surface area contributed by atoms with Crippen LogP contribution in [0.3, 0.4) is 0 Å². The first-order chi connectivity index (χ1) is 7.22. The first-order valence-corrected chi connectivity index (χ1v) is 5.78. The largest absolute Gasteiger partial charge is 0.496 e. The SMILES string of the molecule is COc1ccccc1-c1nc(C)c(S)s1. The van der Waals surface area contributed by atoms with E-state index >= 15 is 0 Å². The predicted molar refractivity (Wildman–Crippen MR) is 66.1 cm³/mol. The molecule has 1 aromatic carbocycles. The standard InChI is InChI=1S/C11H11NOS2/c1-7-11(14)15-10(12-7)8-5-3-4-6-9(8)13-2/h3-6,14H,1-2H3. The molecule has 15 heavy (non-hydrogen) atoms. The van der Waals surface area contributed by atoms with Crippen LogP contribution in [0.4, 0.5) is 0 Å². The first-order valence-electron chi connectivity index (χ1n) is 4.52. The van der Waals surface area contributed by atoms with Crippen LogP contribution in [0.2, 0.25) is 0 Å². The van der Waals surface area contributed by atoms with Crippen LogP contribution in [0.15, 0.2) is 28.5 Å². The second-order valence-electron chi connectivity index (χ2n) is 3.11. The van der Waals surface area contributed by atoms with Crippen molar-refractivity contribution in [3.63, 3.8) is 0 Å². The molecular weight excluding hydrogens is 226 g/mol. The van der Waals surface area contributed by atoms with E-state index in [1.54, 1.807) is 18.4 Å². The van der Waals surface area contributed by atoms with Crippen molar-refractivity contribution >= 4 is 24.0 Å². The van der Waals surface area contributed by atoms with Crippen LogP contribution in [0.25, 0.3) is 10.6 Å². The van der Waals surface area contributed by atoms with E-state index < -0.39 is 0 Å². The van der Waals surface area contributed by atoms with Gasteiger partial charge in [-0.25, -0.2) is 4.98 Å². The van der Waals surface area contributed by atoms with Crippen molar-refractivity contribution in [3.8, 4) is 16.3 Å². The number of rotatable bonds is 2. The summed E-state index contributed by atoms with van der Waals surface area (Å²) in [6, 6.07) is 7.87. The number of methoxy groups -OCH3 is 1. The highest BCUT2D eigenvalue weighted by Crippen LogP contribution is 2.35. The number of hydrogen-bond donors (Lipinski definition) is 1. The summed E-state index contributed by atoms with van der Waals surface area (Å²) in [6.07, 6.45) is 0. The molecular formula is C11H11NOS2. The molecule has 0 spiro atoms. The molecule has 0 bridgehead atoms. The fourth-order valence-corrected chi connectivity index (χ4v) is 2.47. The number of ether oxygens (including phenoxy) is 1. The minimum Gasteiger partial charge on any atom is -0.496 e. The number of hydrogen-bond acceptors (Lipinski definition) is 4.